The van der Waals surface area contributed by atoms with Crippen LogP contribution in [-0.4, -0.2) is 18.0 Å². The van der Waals surface area contributed by atoms with Crippen LogP contribution in [0.2, 0.25) is 0 Å². The van der Waals surface area contributed by atoms with Crippen molar-refractivity contribution in [2.75, 3.05) is 6.61 Å². The Hall–Kier alpha value is -1.22. The minimum Gasteiger partial charge on any atom is -0.367 e. The van der Waals surface area contributed by atoms with Crippen molar-refractivity contribution in [3.63, 3.8) is 0 Å². The smallest absolute Gasteiger partial charge is 0.194 e. The first kappa shape index (κ1) is 14.2. The van der Waals surface area contributed by atoms with Crippen molar-refractivity contribution in [2.24, 2.45) is 0 Å². The Morgan fingerprint density at radius 1 is 1.32 bits per heavy atom. The maximum Gasteiger partial charge on any atom is 0.194 e. The van der Waals surface area contributed by atoms with Crippen LogP contribution in [0.1, 0.15) is 54.9 Å². The molecule has 1 aromatic rings. The summed E-state index contributed by atoms with van der Waals surface area (Å²) in [6, 6.07) is 4.70. The molecule has 0 radical (unpaired) electrons. The van der Waals surface area contributed by atoms with Gasteiger partial charge in [-0.25, -0.2) is 4.39 Å². The Kier molecular flexibility index (Phi) is 4.35. The van der Waals surface area contributed by atoms with Crippen molar-refractivity contribution in [1.82, 2.24) is 0 Å². The van der Waals surface area contributed by atoms with Crippen molar-refractivity contribution >= 4 is 5.78 Å². The minimum atomic E-state index is -0.727. The van der Waals surface area contributed by atoms with Crippen LogP contribution in [-0.2, 0) is 4.74 Å². The van der Waals surface area contributed by atoms with Crippen molar-refractivity contribution in [1.29, 1.82) is 0 Å². The van der Waals surface area contributed by atoms with Gasteiger partial charge in [-0.2, -0.15) is 0 Å². The second-order valence-electron chi connectivity index (χ2n) is 5.28. The van der Waals surface area contributed by atoms with Crippen molar-refractivity contribution < 1.29 is 13.9 Å². The van der Waals surface area contributed by atoms with Crippen LogP contribution in [0.5, 0.6) is 0 Å². The third kappa shape index (κ3) is 2.86. The molecule has 0 saturated heterocycles. The van der Waals surface area contributed by atoms with Gasteiger partial charge in [-0.05, 0) is 38.3 Å². The van der Waals surface area contributed by atoms with Crippen LogP contribution in [0.25, 0.3) is 0 Å². The Morgan fingerprint density at radius 3 is 2.58 bits per heavy atom. The first-order valence-corrected chi connectivity index (χ1v) is 7.04. The summed E-state index contributed by atoms with van der Waals surface area (Å²) in [5.74, 6) is -0.388. The molecule has 0 bridgehead atoms. The summed E-state index contributed by atoms with van der Waals surface area (Å²) in [6.45, 7) is 4.11. The number of rotatable bonds is 4. The molecule has 0 heterocycles. The predicted molar refractivity (Wildman–Crippen MR) is 72.9 cm³/mol. The molecule has 0 spiro atoms. The molecule has 0 unspecified atom stereocenters. The number of ether oxygens (including phenoxy) is 1. The standard InChI is InChI=1S/C16H21FO2/c1-3-19-16(9-5-4-6-10-16)15(18)13-8-7-12(2)14(17)11-13/h7-8,11H,3-6,9-10H2,1-2H3. The zero-order chi connectivity index (χ0) is 13.9. The lowest BCUT2D eigenvalue weighted by atomic mass is 9.79. The fourth-order valence-corrected chi connectivity index (χ4v) is 2.83. The highest BCUT2D eigenvalue weighted by molar-refractivity contribution is 6.02. The lowest BCUT2D eigenvalue weighted by Crippen LogP contribution is -2.43. The van der Waals surface area contributed by atoms with E-state index in [4.69, 9.17) is 4.74 Å². The monoisotopic (exact) mass is 264 g/mol. The molecule has 1 aliphatic carbocycles. The maximum atomic E-state index is 13.6. The zero-order valence-corrected chi connectivity index (χ0v) is 11.7. The lowest BCUT2D eigenvalue weighted by molar-refractivity contribution is -0.0411. The van der Waals surface area contributed by atoms with E-state index < -0.39 is 5.60 Å². The largest absolute Gasteiger partial charge is 0.367 e. The first-order chi connectivity index (χ1) is 9.09. The average molecular weight is 264 g/mol. The molecule has 1 saturated carbocycles. The van der Waals surface area contributed by atoms with Crippen LogP contribution in [0, 0.1) is 12.7 Å². The molecule has 1 fully saturated rings. The van der Waals surface area contributed by atoms with Crippen LogP contribution in [0.15, 0.2) is 18.2 Å². The molecule has 3 heteroatoms. The number of aryl methyl sites for hydroxylation is 1. The number of hydrogen-bond donors (Lipinski definition) is 0. The summed E-state index contributed by atoms with van der Waals surface area (Å²) in [4.78, 5) is 12.7. The fourth-order valence-electron chi connectivity index (χ4n) is 2.83. The Bertz CT molecular complexity index is 456. The molecular formula is C16H21FO2. The first-order valence-electron chi connectivity index (χ1n) is 7.04. The molecule has 19 heavy (non-hydrogen) atoms. The van der Waals surface area contributed by atoms with Gasteiger partial charge in [0.05, 0.1) is 0 Å². The van der Waals surface area contributed by atoms with Gasteiger partial charge in [0.25, 0.3) is 0 Å². The maximum absolute atomic E-state index is 13.6. The summed E-state index contributed by atoms with van der Waals surface area (Å²) in [5.41, 5.74) is 0.262. The van der Waals surface area contributed by atoms with E-state index in [-0.39, 0.29) is 11.6 Å². The van der Waals surface area contributed by atoms with Gasteiger partial charge in [0.1, 0.15) is 11.4 Å². The van der Waals surface area contributed by atoms with Gasteiger partial charge < -0.3 is 4.74 Å². The third-order valence-electron chi connectivity index (χ3n) is 3.93. The van der Waals surface area contributed by atoms with Crippen LogP contribution >= 0.6 is 0 Å². The molecule has 0 aromatic heterocycles. The lowest BCUT2D eigenvalue weighted by Gasteiger charge is -2.35. The van der Waals surface area contributed by atoms with E-state index in [0.717, 1.165) is 32.1 Å². The highest BCUT2D eigenvalue weighted by atomic mass is 19.1. The number of benzene rings is 1. The fraction of sp³-hybridized carbons (Fsp3) is 0.562. The summed E-state index contributed by atoms with van der Waals surface area (Å²) in [6.07, 6.45) is 4.63. The van der Waals surface area contributed by atoms with Gasteiger partial charge >= 0.3 is 0 Å². The summed E-state index contributed by atoms with van der Waals surface area (Å²) >= 11 is 0. The second-order valence-corrected chi connectivity index (χ2v) is 5.28. The van der Waals surface area contributed by atoms with E-state index >= 15 is 0 Å². The Balaban J connectivity index is 2.30. The number of hydrogen-bond acceptors (Lipinski definition) is 2. The summed E-state index contributed by atoms with van der Waals surface area (Å²) in [7, 11) is 0. The van der Waals surface area contributed by atoms with E-state index in [1.54, 1.807) is 19.1 Å². The highest BCUT2D eigenvalue weighted by Gasteiger charge is 2.40. The van der Waals surface area contributed by atoms with Crippen LogP contribution in [0.4, 0.5) is 4.39 Å². The van der Waals surface area contributed by atoms with Crippen molar-refractivity contribution in [2.45, 2.75) is 51.6 Å². The number of carbonyl (C=O) groups excluding carboxylic acids is 1. The minimum absolute atomic E-state index is 0.0621. The molecule has 1 aromatic carbocycles. The summed E-state index contributed by atoms with van der Waals surface area (Å²) < 4.78 is 19.4. The Labute approximate surface area is 114 Å². The molecule has 0 atom stereocenters. The van der Waals surface area contributed by atoms with Gasteiger partial charge in [-0.3, -0.25) is 4.79 Å². The molecule has 0 aliphatic heterocycles. The normalized spacial score (nSPS) is 18.3. The van der Waals surface area contributed by atoms with Crippen molar-refractivity contribution in [3.8, 4) is 0 Å². The van der Waals surface area contributed by atoms with Gasteiger partial charge in [-0.1, -0.05) is 31.4 Å². The zero-order valence-electron chi connectivity index (χ0n) is 11.7. The van der Waals surface area contributed by atoms with E-state index in [1.165, 1.54) is 6.07 Å². The molecule has 0 N–H and O–H groups in total. The molecule has 1 aliphatic rings. The molecular weight excluding hydrogens is 243 g/mol. The van der Waals surface area contributed by atoms with Crippen molar-refractivity contribution in [3.05, 3.63) is 35.1 Å². The number of halogens is 1. The van der Waals surface area contributed by atoms with Gasteiger partial charge in [0.15, 0.2) is 5.78 Å². The van der Waals surface area contributed by atoms with E-state index in [9.17, 15) is 9.18 Å². The van der Waals surface area contributed by atoms with Gasteiger partial charge in [0.2, 0.25) is 0 Å². The highest BCUT2D eigenvalue weighted by Crippen LogP contribution is 2.34. The molecule has 2 nitrogen and oxygen atoms in total. The Morgan fingerprint density at radius 2 is 2.00 bits per heavy atom. The van der Waals surface area contributed by atoms with Gasteiger partial charge in [-0.15, -0.1) is 0 Å². The molecule has 2 rings (SSSR count). The SMILES string of the molecule is CCOC1(C(=O)c2ccc(C)c(F)c2)CCCCC1. The van der Waals surface area contributed by atoms with Gasteiger partial charge in [0, 0.05) is 12.2 Å². The quantitative estimate of drug-likeness (QED) is 0.767. The third-order valence-corrected chi connectivity index (χ3v) is 3.93. The average Bonchev–Trinajstić information content (AvgIpc) is 2.42. The number of ketones is 1. The number of Topliss-reactive ketones (excluding diaryl/α,β-unsaturated/α-hetero) is 1. The van der Waals surface area contributed by atoms with E-state index in [1.807, 2.05) is 6.92 Å². The predicted octanol–water partition coefficient (Wildman–Crippen LogP) is 4.06. The molecule has 104 valence electrons. The van der Waals surface area contributed by atoms with Crippen LogP contribution in [0.3, 0.4) is 0 Å². The second kappa shape index (κ2) is 5.83. The van der Waals surface area contributed by atoms with E-state index in [0.29, 0.717) is 17.7 Å². The molecule has 0 amide bonds. The van der Waals surface area contributed by atoms with Crippen LogP contribution < -0.4 is 0 Å². The summed E-state index contributed by atoms with van der Waals surface area (Å²) in [5, 5.41) is 0. The topological polar surface area (TPSA) is 26.3 Å². The van der Waals surface area contributed by atoms with E-state index in [2.05, 4.69) is 0 Å². The number of carbonyl (C=O) groups is 1.